The molecule has 0 heterocycles. The molecule has 114 valence electrons. The maximum atomic E-state index is 6.34. The fourth-order valence-corrected chi connectivity index (χ4v) is 3.85. The molecule has 0 aliphatic heterocycles. The summed E-state index contributed by atoms with van der Waals surface area (Å²) in [5.41, 5.74) is 10.7. The minimum atomic E-state index is -0.0371. The molecule has 2 aliphatic carbocycles. The lowest BCUT2D eigenvalue weighted by Crippen LogP contribution is -1.95. The molecule has 0 nitrogen and oxygen atoms in total. The summed E-state index contributed by atoms with van der Waals surface area (Å²) in [6, 6.07) is 16.8. The van der Waals surface area contributed by atoms with Crippen molar-refractivity contribution in [3.8, 4) is 0 Å². The molecule has 24 heavy (non-hydrogen) atoms. The van der Waals surface area contributed by atoms with Gasteiger partial charge in [-0.1, -0.05) is 74.7 Å². The molecule has 1 heteroatoms. The first-order valence-corrected chi connectivity index (χ1v) is 8.42. The highest BCUT2D eigenvalue weighted by atomic mass is 14.4. The molecule has 0 aromatic heterocycles. The Morgan fingerprint density at radius 1 is 1.08 bits per heavy atom. The highest BCUT2D eigenvalue weighted by Gasteiger charge is 2.34. The van der Waals surface area contributed by atoms with E-state index in [9.17, 15) is 0 Å². The number of allylic oxidation sites excluding steroid dienone is 6. The topological polar surface area (TPSA) is 0 Å². The van der Waals surface area contributed by atoms with Gasteiger partial charge in [0.1, 0.15) is 0 Å². The van der Waals surface area contributed by atoms with Gasteiger partial charge in [-0.15, -0.1) is 0 Å². The van der Waals surface area contributed by atoms with Crippen LogP contribution in [0.15, 0.2) is 78.9 Å². The zero-order valence-electron chi connectivity index (χ0n) is 14.0. The SMILES string of the molecule is [B]C1C=C2/C(=C(/C(=C)CC)c3ccccc3)C(=C)c3cccc1c32. The Balaban J connectivity index is 2.04. The van der Waals surface area contributed by atoms with E-state index in [0.29, 0.717) is 0 Å². The third-order valence-corrected chi connectivity index (χ3v) is 5.06. The summed E-state index contributed by atoms with van der Waals surface area (Å²) in [6.45, 7) is 10.9. The van der Waals surface area contributed by atoms with Gasteiger partial charge in [0, 0.05) is 0 Å². The van der Waals surface area contributed by atoms with Crippen LogP contribution >= 0.6 is 0 Å². The third kappa shape index (κ3) is 2.01. The summed E-state index contributed by atoms with van der Waals surface area (Å²) in [5, 5.41) is 0. The maximum Gasteiger partial charge on any atom is 0.0820 e. The lowest BCUT2D eigenvalue weighted by molar-refractivity contribution is 1.16. The predicted molar refractivity (Wildman–Crippen MR) is 105 cm³/mol. The Bertz CT molecular complexity index is 926. The molecule has 2 aliphatic rings. The zero-order chi connectivity index (χ0) is 16.8. The van der Waals surface area contributed by atoms with Crippen molar-refractivity contribution in [2.45, 2.75) is 19.2 Å². The number of rotatable bonds is 3. The molecule has 1 unspecified atom stereocenters. The number of hydrogen-bond acceptors (Lipinski definition) is 0. The van der Waals surface area contributed by atoms with Crippen molar-refractivity contribution in [1.82, 2.24) is 0 Å². The van der Waals surface area contributed by atoms with Crippen molar-refractivity contribution in [3.05, 3.63) is 101 Å². The fraction of sp³-hybridized carbons (Fsp3) is 0.130. The quantitative estimate of drug-likeness (QED) is 0.634. The summed E-state index contributed by atoms with van der Waals surface area (Å²) in [5.74, 6) is -0.0371. The van der Waals surface area contributed by atoms with E-state index in [1.54, 1.807) is 0 Å². The summed E-state index contributed by atoms with van der Waals surface area (Å²) in [7, 11) is 6.34. The van der Waals surface area contributed by atoms with Crippen molar-refractivity contribution in [3.63, 3.8) is 0 Å². The third-order valence-electron chi connectivity index (χ3n) is 5.06. The molecule has 0 spiro atoms. The van der Waals surface area contributed by atoms with Gasteiger partial charge >= 0.3 is 0 Å². The van der Waals surface area contributed by atoms with Crippen LogP contribution < -0.4 is 0 Å². The zero-order valence-corrected chi connectivity index (χ0v) is 14.0. The normalized spacial score (nSPS) is 20.0. The van der Waals surface area contributed by atoms with E-state index in [1.807, 2.05) is 6.07 Å². The molecule has 0 N–H and O–H groups in total. The van der Waals surface area contributed by atoms with E-state index < -0.39 is 0 Å². The van der Waals surface area contributed by atoms with Gasteiger partial charge in [-0.25, -0.2) is 0 Å². The first kappa shape index (κ1) is 15.0. The van der Waals surface area contributed by atoms with Gasteiger partial charge < -0.3 is 0 Å². The molecule has 2 aromatic rings. The van der Waals surface area contributed by atoms with Crippen LogP contribution in [-0.4, -0.2) is 7.85 Å². The van der Waals surface area contributed by atoms with Crippen molar-refractivity contribution in [2.24, 2.45) is 0 Å². The minimum Gasteiger partial charge on any atom is -0.0952 e. The van der Waals surface area contributed by atoms with Crippen LogP contribution in [0.25, 0.3) is 16.7 Å². The first-order valence-electron chi connectivity index (χ1n) is 8.42. The monoisotopic (exact) mass is 306 g/mol. The Hall–Kier alpha value is -2.54. The van der Waals surface area contributed by atoms with Gasteiger partial charge in [0.05, 0.1) is 7.85 Å². The Morgan fingerprint density at radius 3 is 2.54 bits per heavy atom. The molecular weight excluding hydrogens is 287 g/mol. The van der Waals surface area contributed by atoms with Crippen LogP contribution in [0.1, 0.15) is 41.4 Å². The van der Waals surface area contributed by atoms with E-state index in [-0.39, 0.29) is 5.82 Å². The highest BCUT2D eigenvalue weighted by Crippen LogP contribution is 2.54. The molecule has 0 amide bonds. The van der Waals surface area contributed by atoms with Crippen molar-refractivity contribution in [2.75, 3.05) is 0 Å². The summed E-state index contributed by atoms with van der Waals surface area (Å²) >= 11 is 0. The predicted octanol–water partition coefficient (Wildman–Crippen LogP) is 5.74. The second kappa shape index (κ2) is 5.52. The first-order chi connectivity index (χ1) is 11.6. The standard InChI is InChI=1S/C23H19B/c1-4-14(2)21(16-9-6-5-7-10-16)22-15(3)17-11-8-12-18-20(24)13-19(22)23(17)18/h5-13,20H,2-4H2,1H3/b22-21-. The van der Waals surface area contributed by atoms with E-state index in [2.05, 4.69) is 68.6 Å². The smallest absolute Gasteiger partial charge is 0.0820 e. The molecule has 0 bridgehead atoms. The lowest BCUT2D eigenvalue weighted by Gasteiger charge is -2.16. The van der Waals surface area contributed by atoms with Crippen LogP contribution in [0.4, 0.5) is 0 Å². The maximum absolute atomic E-state index is 6.34. The lowest BCUT2D eigenvalue weighted by atomic mass is 9.81. The van der Waals surface area contributed by atoms with E-state index in [4.69, 9.17) is 7.85 Å². The minimum absolute atomic E-state index is 0.0371. The molecular formula is C23H19B. The second-order valence-corrected chi connectivity index (χ2v) is 6.43. The Morgan fingerprint density at radius 2 is 1.83 bits per heavy atom. The average Bonchev–Trinajstić information content (AvgIpc) is 3.08. The Labute approximate surface area is 145 Å². The van der Waals surface area contributed by atoms with Gasteiger partial charge in [-0.05, 0) is 62.4 Å². The van der Waals surface area contributed by atoms with Crippen LogP contribution in [0, 0.1) is 0 Å². The fourth-order valence-electron chi connectivity index (χ4n) is 3.85. The summed E-state index contributed by atoms with van der Waals surface area (Å²) < 4.78 is 0. The number of hydrogen-bond donors (Lipinski definition) is 0. The molecule has 4 rings (SSSR count). The molecule has 1 atom stereocenters. The molecule has 0 fully saturated rings. The van der Waals surface area contributed by atoms with Gasteiger partial charge in [-0.3, -0.25) is 0 Å². The van der Waals surface area contributed by atoms with Crippen LogP contribution in [0.2, 0.25) is 0 Å². The summed E-state index contributed by atoms with van der Waals surface area (Å²) in [4.78, 5) is 0. The van der Waals surface area contributed by atoms with Crippen LogP contribution in [-0.2, 0) is 0 Å². The van der Waals surface area contributed by atoms with Gasteiger partial charge in [0.2, 0.25) is 0 Å². The molecule has 0 saturated heterocycles. The van der Waals surface area contributed by atoms with Gasteiger partial charge in [0.15, 0.2) is 0 Å². The van der Waals surface area contributed by atoms with Crippen LogP contribution in [0.3, 0.4) is 0 Å². The van der Waals surface area contributed by atoms with Gasteiger partial charge in [-0.2, -0.15) is 0 Å². The van der Waals surface area contributed by atoms with Crippen molar-refractivity contribution >= 4 is 24.6 Å². The van der Waals surface area contributed by atoms with Crippen LogP contribution in [0.5, 0.6) is 0 Å². The second-order valence-electron chi connectivity index (χ2n) is 6.43. The largest absolute Gasteiger partial charge is 0.0952 e. The number of benzene rings is 2. The van der Waals surface area contributed by atoms with E-state index >= 15 is 0 Å². The van der Waals surface area contributed by atoms with Crippen molar-refractivity contribution < 1.29 is 0 Å². The van der Waals surface area contributed by atoms with E-state index in [0.717, 1.165) is 17.6 Å². The van der Waals surface area contributed by atoms with Gasteiger partial charge in [0.25, 0.3) is 0 Å². The molecule has 2 aromatic carbocycles. The molecule has 2 radical (unpaired) electrons. The Kier molecular flexibility index (Phi) is 3.46. The summed E-state index contributed by atoms with van der Waals surface area (Å²) in [6.07, 6.45) is 3.08. The highest BCUT2D eigenvalue weighted by molar-refractivity contribution is 6.22. The van der Waals surface area contributed by atoms with E-state index in [1.165, 1.54) is 39.0 Å². The van der Waals surface area contributed by atoms with Crippen molar-refractivity contribution in [1.29, 1.82) is 0 Å². The molecule has 0 saturated carbocycles. The average molecular weight is 306 g/mol.